The predicted octanol–water partition coefficient (Wildman–Crippen LogP) is 2.78. The zero-order valence-electron chi connectivity index (χ0n) is 15.9. The molecule has 5 heteroatoms. The number of aryl methyl sites for hydroxylation is 1. The minimum Gasteiger partial charge on any atom is -0.372 e. The number of likely N-dealkylation sites (tertiary alicyclic amines) is 2. The Morgan fingerprint density at radius 2 is 2.04 bits per heavy atom. The van der Waals surface area contributed by atoms with Crippen LogP contribution < -0.4 is 5.32 Å². The summed E-state index contributed by atoms with van der Waals surface area (Å²) in [6.07, 6.45) is 4.43. The molecule has 26 heavy (non-hydrogen) atoms. The van der Waals surface area contributed by atoms with Gasteiger partial charge in [-0.05, 0) is 49.7 Å². The number of amides is 2. The van der Waals surface area contributed by atoms with Gasteiger partial charge in [-0.1, -0.05) is 24.3 Å². The lowest BCUT2D eigenvalue weighted by Crippen LogP contribution is -2.64. The fourth-order valence-electron chi connectivity index (χ4n) is 4.78. The largest absolute Gasteiger partial charge is 0.372 e. The lowest BCUT2D eigenvalue weighted by Gasteiger charge is -2.50. The fourth-order valence-corrected chi connectivity index (χ4v) is 4.78. The van der Waals surface area contributed by atoms with Gasteiger partial charge in [0.1, 0.15) is 0 Å². The molecular weight excluding hydrogens is 326 g/mol. The van der Waals surface area contributed by atoms with Gasteiger partial charge in [0.05, 0.1) is 5.60 Å². The summed E-state index contributed by atoms with van der Waals surface area (Å²) in [6, 6.07) is 8.74. The number of rotatable bonds is 5. The van der Waals surface area contributed by atoms with Crippen molar-refractivity contribution >= 4 is 6.03 Å². The predicted molar refractivity (Wildman–Crippen MR) is 102 cm³/mol. The monoisotopic (exact) mass is 357 g/mol. The third-order valence-corrected chi connectivity index (χ3v) is 6.40. The van der Waals surface area contributed by atoms with Crippen molar-refractivity contribution < 1.29 is 9.53 Å². The molecule has 1 aromatic rings. The molecule has 0 aliphatic carbocycles. The van der Waals surface area contributed by atoms with Crippen LogP contribution in [0.15, 0.2) is 24.3 Å². The maximum absolute atomic E-state index is 12.1. The molecule has 3 aliphatic heterocycles. The molecule has 142 valence electrons. The topological polar surface area (TPSA) is 44.8 Å². The van der Waals surface area contributed by atoms with Crippen LogP contribution in [0.3, 0.4) is 0 Å². The van der Waals surface area contributed by atoms with Crippen molar-refractivity contribution in [1.29, 1.82) is 0 Å². The van der Waals surface area contributed by atoms with E-state index < -0.39 is 0 Å². The first-order valence-corrected chi connectivity index (χ1v) is 10.1. The van der Waals surface area contributed by atoms with Crippen molar-refractivity contribution in [2.75, 3.05) is 39.3 Å². The van der Waals surface area contributed by atoms with Gasteiger partial charge in [-0.15, -0.1) is 0 Å². The first kappa shape index (κ1) is 17.8. The van der Waals surface area contributed by atoms with Gasteiger partial charge in [-0.25, -0.2) is 4.79 Å². The summed E-state index contributed by atoms with van der Waals surface area (Å²) in [5.74, 6) is 0.564. The van der Waals surface area contributed by atoms with Crippen molar-refractivity contribution in [3.8, 4) is 0 Å². The van der Waals surface area contributed by atoms with E-state index in [0.717, 1.165) is 71.6 Å². The molecule has 1 spiro atoms. The average Bonchev–Trinajstić information content (AvgIpc) is 3.26. The van der Waals surface area contributed by atoms with E-state index in [9.17, 15) is 4.79 Å². The van der Waals surface area contributed by atoms with E-state index in [0.29, 0.717) is 5.92 Å². The molecule has 2 amide bonds. The van der Waals surface area contributed by atoms with Crippen LogP contribution in [0.5, 0.6) is 0 Å². The van der Waals surface area contributed by atoms with Crippen LogP contribution in [0.1, 0.15) is 36.8 Å². The Morgan fingerprint density at radius 1 is 1.27 bits per heavy atom. The quantitative estimate of drug-likeness (QED) is 0.881. The maximum Gasteiger partial charge on any atom is 0.317 e. The van der Waals surface area contributed by atoms with Crippen LogP contribution in [0, 0.1) is 12.8 Å². The van der Waals surface area contributed by atoms with Crippen molar-refractivity contribution in [3.63, 3.8) is 0 Å². The van der Waals surface area contributed by atoms with Crippen molar-refractivity contribution in [2.24, 2.45) is 5.92 Å². The first-order valence-electron chi connectivity index (χ1n) is 10.1. The van der Waals surface area contributed by atoms with Gasteiger partial charge in [0.25, 0.3) is 0 Å². The molecule has 3 heterocycles. The average molecular weight is 357 g/mol. The highest BCUT2D eigenvalue weighted by Gasteiger charge is 2.52. The number of carbonyl (C=O) groups is 1. The molecule has 3 fully saturated rings. The van der Waals surface area contributed by atoms with E-state index in [-0.39, 0.29) is 11.6 Å². The van der Waals surface area contributed by atoms with E-state index in [1.807, 2.05) is 4.90 Å². The van der Waals surface area contributed by atoms with Crippen molar-refractivity contribution in [2.45, 2.75) is 44.8 Å². The van der Waals surface area contributed by atoms with Crippen LogP contribution in [0.2, 0.25) is 0 Å². The Balaban J connectivity index is 1.24. The third kappa shape index (κ3) is 3.60. The van der Waals surface area contributed by atoms with Crippen molar-refractivity contribution in [3.05, 3.63) is 35.4 Å². The van der Waals surface area contributed by atoms with Crippen molar-refractivity contribution in [1.82, 2.24) is 15.1 Å². The van der Waals surface area contributed by atoms with E-state index in [1.165, 1.54) is 11.1 Å². The maximum atomic E-state index is 12.1. The molecular formula is C21H31N3O2. The molecule has 0 radical (unpaired) electrons. The number of benzene rings is 1. The molecule has 3 saturated heterocycles. The summed E-state index contributed by atoms with van der Waals surface area (Å²) in [5, 5.41) is 3.11. The van der Waals surface area contributed by atoms with E-state index in [1.54, 1.807) is 0 Å². The van der Waals surface area contributed by atoms with Crippen LogP contribution in [0.25, 0.3) is 0 Å². The minimum absolute atomic E-state index is 0.0288. The number of carbonyl (C=O) groups excluding carboxylic acids is 1. The number of urea groups is 1. The van der Waals surface area contributed by atoms with Gasteiger partial charge in [-0.3, -0.25) is 4.90 Å². The molecule has 4 rings (SSSR count). The molecule has 0 bridgehead atoms. The molecule has 5 nitrogen and oxygen atoms in total. The normalized spacial score (nSPS) is 24.8. The summed E-state index contributed by atoms with van der Waals surface area (Å²) in [4.78, 5) is 16.6. The van der Waals surface area contributed by atoms with Gasteiger partial charge >= 0.3 is 6.03 Å². The lowest BCUT2D eigenvalue weighted by molar-refractivity contribution is -0.136. The van der Waals surface area contributed by atoms with Crippen LogP contribution in [-0.4, -0.2) is 60.8 Å². The summed E-state index contributed by atoms with van der Waals surface area (Å²) in [5.41, 5.74) is 2.80. The molecule has 0 saturated carbocycles. The number of hydrogen-bond acceptors (Lipinski definition) is 3. The first-order chi connectivity index (χ1) is 12.7. The fraction of sp³-hybridized carbons (Fsp3) is 0.667. The Hall–Kier alpha value is -1.59. The highest BCUT2D eigenvalue weighted by atomic mass is 16.5. The summed E-state index contributed by atoms with van der Waals surface area (Å²) >= 11 is 0. The van der Waals surface area contributed by atoms with Gasteiger partial charge in [-0.2, -0.15) is 0 Å². The van der Waals surface area contributed by atoms with Gasteiger partial charge < -0.3 is 15.0 Å². The number of nitrogens with zero attached hydrogens (tertiary/aromatic N) is 2. The molecule has 1 aromatic carbocycles. The summed E-state index contributed by atoms with van der Waals surface area (Å²) < 4.78 is 6.18. The molecule has 3 aliphatic rings. The van der Waals surface area contributed by atoms with Gasteiger partial charge in [0.15, 0.2) is 0 Å². The zero-order valence-corrected chi connectivity index (χ0v) is 15.9. The van der Waals surface area contributed by atoms with E-state index >= 15 is 0 Å². The second-order valence-corrected chi connectivity index (χ2v) is 8.19. The van der Waals surface area contributed by atoms with E-state index in [2.05, 4.69) is 41.4 Å². The second-order valence-electron chi connectivity index (χ2n) is 8.19. The van der Waals surface area contributed by atoms with Gasteiger partial charge in [0.2, 0.25) is 0 Å². The lowest BCUT2D eigenvalue weighted by atomic mass is 9.78. The Bertz CT molecular complexity index is 636. The SMILES string of the molecule is Cc1ccccc1CN1CC2(C1)OCC[C@@H]2CCNC(=O)N1CCCC1. The Morgan fingerprint density at radius 3 is 2.81 bits per heavy atom. The zero-order chi connectivity index (χ0) is 18.0. The standard InChI is InChI=1S/C21H31N3O2/c1-17-6-2-3-7-18(17)14-23-15-21(16-23)19(9-13-26-21)8-10-22-20(25)24-11-4-5-12-24/h2-3,6-7,19H,4-5,8-16H2,1H3,(H,22,25)/t19-/m0/s1. The molecule has 0 unspecified atom stereocenters. The Labute approximate surface area is 156 Å². The second kappa shape index (κ2) is 7.57. The van der Waals surface area contributed by atoms with Crippen LogP contribution in [0.4, 0.5) is 4.79 Å². The molecule has 0 aromatic heterocycles. The highest BCUT2D eigenvalue weighted by Crippen LogP contribution is 2.42. The number of nitrogens with one attached hydrogen (secondary N) is 1. The third-order valence-electron chi connectivity index (χ3n) is 6.40. The summed E-state index contributed by atoms with van der Waals surface area (Å²) in [6.45, 7) is 8.69. The van der Waals surface area contributed by atoms with Crippen LogP contribution in [-0.2, 0) is 11.3 Å². The number of ether oxygens (including phenoxy) is 1. The molecule has 1 N–H and O–H groups in total. The van der Waals surface area contributed by atoms with Gasteiger partial charge in [0, 0.05) is 45.9 Å². The van der Waals surface area contributed by atoms with E-state index in [4.69, 9.17) is 4.74 Å². The highest BCUT2D eigenvalue weighted by molar-refractivity contribution is 5.74. The smallest absolute Gasteiger partial charge is 0.317 e. The minimum atomic E-state index is 0.0288. The molecule has 1 atom stereocenters. The summed E-state index contributed by atoms with van der Waals surface area (Å²) in [7, 11) is 0. The number of hydrogen-bond donors (Lipinski definition) is 1. The Kier molecular flexibility index (Phi) is 5.18. The van der Waals surface area contributed by atoms with Crippen LogP contribution >= 0.6 is 0 Å².